The molecular formula is C11H14IN3S. The molecule has 1 aromatic carbocycles. The fourth-order valence-electron chi connectivity index (χ4n) is 1.72. The number of fused-ring (bicyclic) bond motifs is 1. The molecular weight excluding hydrogens is 333 g/mol. The lowest BCUT2D eigenvalue weighted by Crippen LogP contribution is -2.03. The van der Waals surface area contributed by atoms with Gasteiger partial charge < -0.3 is 10.3 Å². The summed E-state index contributed by atoms with van der Waals surface area (Å²) < 4.78 is 2.13. The molecule has 0 atom stereocenters. The minimum atomic E-state index is 0. The lowest BCUT2D eigenvalue weighted by Gasteiger charge is -1.99. The average Bonchev–Trinajstić information content (AvgIpc) is 2.44. The number of rotatable bonds is 1. The maximum atomic E-state index is 7.34. The number of nitrogens with one attached hydrogen (secondary N) is 1. The van der Waals surface area contributed by atoms with Crippen LogP contribution in [0.1, 0.15) is 5.69 Å². The molecule has 1 heterocycles. The van der Waals surface area contributed by atoms with E-state index in [1.807, 2.05) is 26.1 Å². The van der Waals surface area contributed by atoms with Gasteiger partial charge in [-0.2, -0.15) is 0 Å². The van der Waals surface area contributed by atoms with Gasteiger partial charge in [0.2, 0.25) is 0 Å². The highest BCUT2D eigenvalue weighted by Gasteiger charge is 2.12. The Balaban J connectivity index is 0.00000128. The van der Waals surface area contributed by atoms with Gasteiger partial charge in [-0.1, -0.05) is 30.0 Å². The van der Waals surface area contributed by atoms with Crippen LogP contribution in [0.15, 0.2) is 29.2 Å². The van der Waals surface area contributed by atoms with Crippen LogP contribution in [0.3, 0.4) is 0 Å². The second kappa shape index (κ2) is 5.09. The van der Waals surface area contributed by atoms with Gasteiger partial charge in [-0.05, 0) is 13.0 Å². The molecule has 2 rings (SSSR count). The third-order valence-electron chi connectivity index (χ3n) is 2.55. The van der Waals surface area contributed by atoms with Crippen LogP contribution in [-0.4, -0.2) is 9.73 Å². The molecule has 0 saturated carbocycles. The van der Waals surface area contributed by atoms with Gasteiger partial charge in [-0.15, -0.1) is 24.0 Å². The summed E-state index contributed by atoms with van der Waals surface area (Å²) >= 11 is 1.32. The van der Waals surface area contributed by atoms with E-state index in [0.717, 1.165) is 16.0 Å². The number of nitrogens with zero attached hydrogens (tertiary/aromatic N) is 1. The summed E-state index contributed by atoms with van der Waals surface area (Å²) in [5.41, 5.74) is 7.76. The molecule has 0 spiro atoms. The molecule has 2 aromatic rings. The minimum Gasteiger partial charge on any atom is -0.378 e. The average molecular weight is 347 g/mol. The van der Waals surface area contributed by atoms with Crippen molar-refractivity contribution in [2.24, 2.45) is 12.8 Å². The molecule has 5 heteroatoms. The quantitative estimate of drug-likeness (QED) is 0.361. The van der Waals surface area contributed by atoms with Crippen molar-refractivity contribution in [2.75, 3.05) is 0 Å². The van der Waals surface area contributed by atoms with Crippen LogP contribution in [0.2, 0.25) is 0 Å². The molecule has 0 amide bonds. The Morgan fingerprint density at radius 2 is 2.00 bits per heavy atom. The fourth-order valence-corrected chi connectivity index (χ4v) is 2.51. The van der Waals surface area contributed by atoms with Crippen LogP contribution >= 0.6 is 35.7 Å². The number of aryl methyl sites for hydroxylation is 1. The van der Waals surface area contributed by atoms with Crippen molar-refractivity contribution < 1.29 is 0 Å². The summed E-state index contributed by atoms with van der Waals surface area (Å²) in [5.74, 6) is 0. The van der Waals surface area contributed by atoms with Crippen molar-refractivity contribution >= 4 is 51.8 Å². The van der Waals surface area contributed by atoms with Crippen LogP contribution in [0.25, 0.3) is 10.9 Å². The SMILES string of the molecule is Cc1c(SC(=N)N)c2ccccc2n1C.I. The molecule has 0 radical (unpaired) electrons. The van der Waals surface area contributed by atoms with Crippen molar-refractivity contribution in [3.8, 4) is 0 Å². The van der Waals surface area contributed by atoms with Crippen LogP contribution in [0.5, 0.6) is 0 Å². The van der Waals surface area contributed by atoms with Gasteiger partial charge in [-0.25, -0.2) is 0 Å². The molecule has 0 saturated heterocycles. The Labute approximate surface area is 116 Å². The number of halogens is 1. The summed E-state index contributed by atoms with van der Waals surface area (Å²) in [4.78, 5) is 1.08. The predicted molar refractivity (Wildman–Crippen MR) is 80.8 cm³/mol. The van der Waals surface area contributed by atoms with E-state index in [2.05, 4.69) is 16.7 Å². The summed E-state index contributed by atoms with van der Waals surface area (Å²) in [6, 6.07) is 8.16. The van der Waals surface area contributed by atoms with E-state index in [1.165, 1.54) is 17.3 Å². The van der Waals surface area contributed by atoms with Gasteiger partial charge >= 0.3 is 0 Å². The van der Waals surface area contributed by atoms with Crippen LogP contribution in [-0.2, 0) is 7.05 Å². The van der Waals surface area contributed by atoms with E-state index in [-0.39, 0.29) is 29.1 Å². The monoisotopic (exact) mass is 347 g/mol. The second-order valence-electron chi connectivity index (χ2n) is 3.46. The van der Waals surface area contributed by atoms with Crippen molar-refractivity contribution in [2.45, 2.75) is 11.8 Å². The number of para-hydroxylation sites is 1. The number of amidine groups is 1. The van der Waals surface area contributed by atoms with E-state index >= 15 is 0 Å². The Morgan fingerprint density at radius 3 is 2.62 bits per heavy atom. The first-order valence-electron chi connectivity index (χ1n) is 4.67. The standard InChI is InChI=1S/C11H13N3S.HI/c1-7-10(15-11(12)13)8-5-3-4-6-9(8)14(7)2;/h3-6H,1-2H3,(H3,12,13);1H. The van der Waals surface area contributed by atoms with Gasteiger partial charge in [-0.3, -0.25) is 5.41 Å². The van der Waals surface area contributed by atoms with Crippen LogP contribution in [0, 0.1) is 12.3 Å². The first kappa shape index (κ1) is 13.4. The molecule has 16 heavy (non-hydrogen) atoms. The highest BCUT2D eigenvalue weighted by molar-refractivity contribution is 14.0. The molecule has 0 bridgehead atoms. The topological polar surface area (TPSA) is 54.8 Å². The molecule has 0 fully saturated rings. The van der Waals surface area contributed by atoms with Crippen LogP contribution < -0.4 is 5.73 Å². The fraction of sp³-hybridized carbons (Fsp3) is 0.182. The summed E-state index contributed by atoms with van der Waals surface area (Å²) in [6.07, 6.45) is 0. The van der Waals surface area contributed by atoms with E-state index in [1.54, 1.807) is 0 Å². The first-order valence-corrected chi connectivity index (χ1v) is 5.49. The Hall–Kier alpha value is -0.690. The van der Waals surface area contributed by atoms with Crippen molar-refractivity contribution in [3.05, 3.63) is 30.0 Å². The Morgan fingerprint density at radius 1 is 1.38 bits per heavy atom. The first-order chi connectivity index (χ1) is 7.11. The highest BCUT2D eigenvalue weighted by Crippen LogP contribution is 2.32. The maximum Gasteiger partial charge on any atom is 0.156 e. The second-order valence-corrected chi connectivity index (χ2v) is 4.51. The van der Waals surface area contributed by atoms with Gasteiger partial charge in [0.15, 0.2) is 5.17 Å². The van der Waals surface area contributed by atoms with Gasteiger partial charge in [0.25, 0.3) is 0 Å². The van der Waals surface area contributed by atoms with Crippen molar-refractivity contribution in [1.82, 2.24) is 4.57 Å². The summed E-state index contributed by atoms with van der Waals surface area (Å²) in [6.45, 7) is 2.05. The zero-order valence-corrected chi connectivity index (χ0v) is 12.3. The number of hydrogen-bond acceptors (Lipinski definition) is 2. The maximum absolute atomic E-state index is 7.34. The largest absolute Gasteiger partial charge is 0.378 e. The number of benzene rings is 1. The van der Waals surface area contributed by atoms with E-state index in [4.69, 9.17) is 11.1 Å². The minimum absolute atomic E-state index is 0. The third kappa shape index (κ3) is 2.20. The zero-order chi connectivity index (χ0) is 11.0. The molecule has 86 valence electrons. The molecule has 0 aliphatic carbocycles. The van der Waals surface area contributed by atoms with Gasteiger partial charge in [0.1, 0.15) is 0 Å². The van der Waals surface area contributed by atoms with Gasteiger partial charge in [0, 0.05) is 28.5 Å². The van der Waals surface area contributed by atoms with Gasteiger partial charge in [0.05, 0.1) is 0 Å². The number of aromatic nitrogens is 1. The van der Waals surface area contributed by atoms with E-state index < -0.39 is 0 Å². The summed E-state index contributed by atoms with van der Waals surface area (Å²) in [5, 5.41) is 8.64. The zero-order valence-electron chi connectivity index (χ0n) is 9.15. The summed E-state index contributed by atoms with van der Waals surface area (Å²) in [7, 11) is 2.03. The lowest BCUT2D eigenvalue weighted by atomic mass is 10.2. The normalized spacial score (nSPS) is 10.1. The molecule has 3 nitrogen and oxygen atoms in total. The molecule has 0 unspecified atom stereocenters. The smallest absolute Gasteiger partial charge is 0.156 e. The Kier molecular flexibility index (Phi) is 4.26. The molecule has 3 N–H and O–H groups in total. The highest BCUT2D eigenvalue weighted by atomic mass is 127. The number of nitrogens with two attached hydrogens (primary N) is 1. The number of thioether (sulfide) groups is 1. The lowest BCUT2D eigenvalue weighted by molar-refractivity contribution is 0.901. The molecule has 0 aliphatic rings. The molecule has 0 aliphatic heterocycles. The van der Waals surface area contributed by atoms with Crippen molar-refractivity contribution in [1.29, 1.82) is 5.41 Å². The molecule has 1 aromatic heterocycles. The van der Waals surface area contributed by atoms with E-state index in [9.17, 15) is 0 Å². The van der Waals surface area contributed by atoms with Crippen molar-refractivity contribution in [3.63, 3.8) is 0 Å². The predicted octanol–water partition coefficient (Wildman–Crippen LogP) is 3.09. The number of hydrogen-bond donors (Lipinski definition) is 2. The van der Waals surface area contributed by atoms with Crippen LogP contribution in [0.4, 0.5) is 0 Å². The van der Waals surface area contributed by atoms with E-state index in [0.29, 0.717) is 0 Å². The third-order valence-corrected chi connectivity index (χ3v) is 3.49. The Bertz CT molecular complexity index is 533.